The molecule has 0 aliphatic rings. The van der Waals surface area contributed by atoms with Crippen molar-refractivity contribution in [3.63, 3.8) is 0 Å². The van der Waals surface area contributed by atoms with Gasteiger partial charge in [-0.25, -0.2) is 0 Å². The molecule has 8 heteroatoms. The summed E-state index contributed by atoms with van der Waals surface area (Å²) in [5.74, 6) is 0.696. The largest absolute Gasteiger partial charge is 0.351 e. The number of unbranched alkanes of at least 4 members (excludes halogenated alkanes) is 3. The van der Waals surface area contributed by atoms with Crippen molar-refractivity contribution < 1.29 is 9.59 Å². The number of carbonyl (C=O) groups is 2. The number of nitrogens with zero attached hydrogens (tertiary/aromatic N) is 3. The van der Waals surface area contributed by atoms with Gasteiger partial charge in [0.15, 0.2) is 10.8 Å². The second-order valence-corrected chi connectivity index (χ2v) is 7.61. The lowest BCUT2D eigenvalue weighted by Crippen LogP contribution is -2.25. The molecule has 2 N–H and O–H groups in total. The molecule has 0 bridgehead atoms. The highest BCUT2D eigenvalue weighted by Gasteiger charge is 2.16. The Kier molecular flexibility index (Phi) is 5.92. The normalized spacial score (nSPS) is 11.3. The number of nitrogens with one attached hydrogen (secondary N) is 2. The van der Waals surface area contributed by atoms with Crippen LogP contribution in [0.15, 0.2) is 18.3 Å². The third-order valence-corrected chi connectivity index (χ3v) is 5.12. The fourth-order valence-electron chi connectivity index (χ4n) is 2.95. The Morgan fingerprint density at radius 3 is 2.77 bits per heavy atom. The Morgan fingerprint density at radius 2 is 1.96 bits per heavy atom. The van der Waals surface area contributed by atoms with Crippen molar-refractivity contribution >= 4 is 44.6 Å². The highest BCUT2D eigenvalue weighted by atomic mass is 32.2. The van der Waals surface area contributed by atoms with E-state index in [0.717, 1.165) is 53.2 Å². The van der Waals surface area contributed by atoms with Crippen LogP contribution in [0.1, 0.15) is 43.1 Å². The number of aromatic amines is 1. The monoisotopic (exact) mass is 373 g/mol. The van der Waals surface area contributed by atoms with E-state index in [1.807, 2.05) is 30.1 Å². The molecule has 0 saturated heterocycles. The fraction of sp³-hybridized carbons (Fsp3) is 0.444. The number of carbonyl (C=O) groups excluding carboxylic acids is 2. The summed E-state index contributed by atoms with van der Waals surface area (Å²) >= 11 is 1.37. The Balaban J connectivity index is 1.51. The van der Waals surface area contributed by atoms with Gasteiger partial charge in [0.2, 0.25) is 0 Å². The molecule has 1 amide bonds. The first-order valence-corrected chi connectivity index (χ1v) is 9.77. The van der Waals surface area contributed by atoms with Crippen LogP contribution in [0.5, 0.6) is 0 Å². The lowest BCUT2D eigenvalue weighted by atomic mass is 10.1. The predicted octanol–water partition coefficient (Wildman–Crippen LogP) is 3.02. The Morgan fingerprint density at radius 1 is 1.15 bits per heavy atom. The van der Waals surface area contributed by atoms with Gasteiger partial charge in [0.1, 0.15) is 5.52 Å². The molecule has 3 rings (SSSR count). The summed E-state index contributed by atoms with van der Waals surface area (Å²) in [4.78, 5) is 23.2. The summed E-state index contributed by atoms with van der Waals surface area (Å²) in [6, 6.07) is 3.83. The van der Waals surface area contributed by atoms with Gasteiger partial charge < -0.3 is 5.32 Å². The van der Waals surface area contributed by atoms with Gasteiger partial charge in [0.05, 0.1) is 5.52 Å². The van der Waals surface area contributed by atoms with Gasteiger partial charge in [-0.2, -0.15) is 0 Å². The van der Waals surface area contributed by atoms with Crippen LogP contribution in [0.25, 0.3) is 21.8 Å². The van der Waals surface area contributed by atoms with Crippen LogP contribution < -0.4 is 5.32 Å². The highest BCUT2D eigenvalue weighted by molar-refractivity contribution is 8.13. The molecule has 1 aromatic carbocycles. The van der Waals surface area contributed by atoms with E-state index in [2.05, 4.69) is 20.6 Å². The number of amides is 1. The minimum atomic E-state index is -0.182. The van der Waals surface area contributed by atoms with E-state index >= 15 is 0 Å². The molecule has 7 nitrogen and oxygen atoms in total. The second kappa shape index (κ2) is 8.35. The lowest BCUT2D eigenvalue weighted by Gasteiger charge is -2.03. The number of H-pyrrole nitrogens is 1. The van der Waals surface area contributed by atoms with E-state index in [4.69, 9.17) is 0 Å². The van der Waals surface area contributed by atoms with Crippen molar-refractivity contribution in [2.45, 2.75) is 32.6 Å². The maximum Gasteiger partial charge on any atom is 0.272 e. The number of aromatic nitrogens is 4. The number of hydrogen-bond donors (Lipinski definition) is 2. The Labute approximate surface area is 155 Å². The lowest BCUT2D eigenvalue weighted by molar-refractivity contribution is -0.109. The zero-order valence-corrected chi connectivity index (χ0v) is 15.9. The number of thioether (sulfide) groups is 1. The molecule has 138 valence electrons. The van der Waals surface area contributed by atoms with E-state index in [-0.39, 0.29) is 11.0 Å². The van der Waals surface area contributed by atoms with Crippen LogP contribution in [0.3, 0.4) is 0 Å². The summed E-state index contributed by atoms with van der Waals surface area (Å²) < 4.78 is 1.85. The Bertz CT molecular complexity index is 930. The van der Waals surface area contributed by atoms with Gasteiger partial charge in [-0.1, -0.05) is 24.6 Å². The Hall–Kier alpha value is -2.35. The molecule has 0 unspecified atom stereocenters. The van der Waals surface area contributed by atoms with Gasteiger partial charge in [-0.3, -0.25) is 19.4 Å². The summed E-state index contributed by atoms with van der Waals surface area (Å²) in [6.45, 7) is 2.21. The number of benzene rings is 1. The fourth-order valence-corrected chi connectivity index (χ4v) is 3.59. The van der Waals surface area contributed by atoms with Crippen LogP contribution in [0, 0.1) is 0 Å². The van der Waals surface area contributed by atoms with Crippen molar-refractivity contribution in [2.24, 2.45) is 7.05 Å². The zero-order valence-electron chi connectivity index (χ0n) is 15.0. The van der Waals surface area contributed by atoms with Gasteiger partial charge in [0, 0.05) is 43.2 Å². The highest BCUT2D eigenvalue weighted by Crippen LogP contribution is 2.24. The molecule has 0 atom stereocenters. The van der Waals surface area contributed by atoms with Gasteiger partial charge in [0.25, 0.3) is 5.91 Å². The summed E-state index contributed by atoms with van der Waals surface area (Å²) in [5.41, 5.74) is 2.09. The average Bonchev–Trinajstić information content (AvgIpc) is 3.18. The van der Waals surface area contributed by atoms with E-state index in [1.54, 1.807) is 6.92 Å². The topological polar surface area (TPSA) is 92.7 Å². The van der Waals surface area contributed by atoms with Crippen molar-refractivity contribution in [3.05, 3.63) is 24.0 Å². The van der Waals surface area contributed by atoms with Crippen molar-refractivity contribution in [2.75, 3.05) is 12.3 Å². The molecule has 2 heterocycles. The molecule has 0 radical (unpaired) electrons. The number of aryl methyl sites for hydroxylation is 1. The molecule has 3 aromatic rings. The van der Waals surface area contributed by atoms with Gasteiger partial charge in [-0.15, -0.1) is 10.2 Å². The van der Waals surface area contributed by atoms with Gasteiger partial charge >= 0.3 is 0 Å². The molecule has 26 heavy (non-hydrogen) atoms. The van der Waals surface area contributed by atoms with Crippen LogP contribution in [0.4, 0.5) is 0 Å². The molecule has 0 aliphatic heterocycles. The third-order valence-electron chi connectivity index (χ3n) is 4.22. The zero-order chi connectivity index (χ0) is 18.5. The quantitative estimate of drug-likeness (QED) is 0.592. The summed E-state index contributed by atoms with van der Waals surface area (Å²) in [7, 11) is 1.91. The SMILES string of the molecule is CC(=O)SCCCCCCNC(=O)c1nnc2c1ccc1[nH]n(C)cc12. The minimum absolute atomic E-state index is 0.172. The van der Waals surface area contributed by atoms with E-state index in [0.29, 0.717) is 12.2 Å². The third kappa shape index (κ3) is 4.24. The number of fused-ring (bicyclic) bond motifs is 3. The van der Waals surface area contributed by atoms with Crippen molar-refractivity contribution in [1.29, 1.82) is 0 Å². The maximum absolute atomic E-state index is 12.4. The van der Waals surface area contributed by atoms with E-state index in [9.17, 15) is 9.59 Å². The maximum atomic E-state index is 12.4. The standard InChI is InChI=1S/C18H23N5O2S/c1-12(24)26-10-6-4-3-5-9-19-18(25)17-13-7-8-15-14(11-23(2)22-15)16(13)20-21-17/h7-8,11,22H,3-6,9-10H2,1-2H3,(H,19,25). The molecule has 0 fully saturated rings. The first kappa shape index (κ1) is 18.4. The summed E-state index contributed by atoms with van der Waals surface area (Å²) in [5, 5.41) is 16.3. The molecule has 0 aliphatic carbocycles. The minimum Gasteiger partial charge on any atom is -0.351 e. The smallest absolute Gasteiger partial charge is 0.272 e. The predicted molar refractivity (Wildman–Crippen MR) is 104 cm³/mol. The molecule has 2 aromatic heterocycles. The number of hydrogen-bond acceptors (Lipinski definition) is 5. The molecular weight excluding hydrogens is 350 g/mol. The first-order valence-electron chi connectivity index (χ1n) is 8.78. The first-order chi connectivity index (χ1) is 12.6. The van der Waals surface area contributed by atoms with Crippen LogP contribution in [-0.4, -0.2) is 43.3 Å². The number of rotatable bonds is 8. The van der Waals surface area contributed by atoms with E-state index < -0.39 is 0 Å². The van der Waals surface area contributed by atoms with Crippen molar-refractivity contribution in [3.8, 4) is 0 Å². The average molecular weight is 373 g/mol. The summed E-state index contributed by atoms with van der Waals surface area (Å²) in [6.07, 6.45) is 5.99. The van der Waals surface area contributed by atoms with Crippen LogP contribution in [0.2, 0.25) is 0 Å². The second-order valence-electron chi connectivity index (χ2n) is 6.33. The van der Waals surface area contributed by atoms with Crippen LogP contribution in [-0.2, 0) is 11.8 Å². The van der Waals surface area contributed by atoms with E-state index in [1.165, 1.54) is 11.8 Å². The molecule has 0 spiro atoms. The molecular formula is C18H23N5O2S. The van der Waals surface area contributed by atoms with Crippen LogP contribution >= 0.6 is 11.8 Å². The van der Waals surface area contributed by atoms with Gasteiger partial charge in [-0.05, 0) is 25.0 Å². The van der Waals surface area contributed by atoms with Crippen molar-refractivity contribution in [1.82, 2.24) is 25.3 Å². The molecule has 0 saturated carbocycles.